The second kappa shape index (κ2) is 10.9. The minimum absolute atomic E-state index is 0.352. The van der Waals surface area contributed by atoms with Gasteiger partial charge in [0.2, 0.25) is 0 Å². The van der Waals surface area contributed by atoms with Crippen LogP contribution in [0.4, 0.5) is 0 Å². The highest BCUT2D eigenvalue weighted by Gasteiger charge is 2.15. The molecule has 0 saturated heterocycles. The lowest BCUT2D eigenvalue weighted by atomic mass is 10.0. The standard InChI is InChI=1S/C33H22N2O4S/c1-37-30-13-11-22(16-31(30)38-19-21-7-3-2-4-8-21)15-24(18-34)32-35-28(20-40-32)27-17-26-25-10-6-5-9-23(25)12-14-29(26)39-33(27)36/h2-17,20H,19H2,1H3/b24-15+. The van der Waals surface area contributed by atoms with Gasteiger partial charge >= 0.3 is 5.63 Å². The SMILES string of the molecule is COc1ccc(/C=C(\C#N)c2nc(-c3cc4c(ccc5ccccc54)oc3=O)cs2)cc1OCc1ccccc1. The van der Waals surface area contributed by atoms with Crippen LogP contribution in [0.5, 0.6) is 11.5 Å². The van der Waals surface area contributed by atoms with Gasteiger partial charge in [-0.05, 0) is 52.2 Å². The number of allylic oxidation sites excluding steroid dienone is 1. The first-order valence-corrected chi connectivity index (χ1v) is 13.4. The van der Waals surface area contributed by atoms with Crippen LogP contribution >= 0.6 is 11.3 Å². The summed E-state index contributed by atoms with van der Waals surface area (Å²) in [6.07, 6.45) is 1.74. The normalized spacial score (nSPS) is 11.4. The number of methoxy groups -OCH3 is 1. The molecule has 0 saturated carbocycles. The van der Waals surface area contributed by atoms with Crippen molar-refractivity contribution >= 4 is 44.7 Å². The molecule has 0 fully saturated rings. The van der Waals surface area contributed by atoms with Crippen LogP contribution in [0, 0.1) is 11.3 Å². The molecule has 0 aliphatic heterocycles. The predicted octanol–water partition coefficient (Wildman–Crippen LogP) is 7.72. The topological polar surface area (TPSA) is 85.4 Å². The molecule has 0 radical (unpaired) electrons. The van der Waals surface area contributed by atoms with Crippen molar-refractivity contribution in [1.82, 2.24) is 4.98 Å². The fourth-order valence-corrected chi connectivity index (χ4v) is 5.30. The Balaban J connectivity index is 1.33. The van der Waals surface area contributed by atoms with Gasteiger partial charge in [0, 0.05) is 10.8 Å². The molecule has 0 aliphatic rings. The van der Waals surface area contributed by atoms with Crippen LogP contribution in [0.2, 0.25) is 0 Å². The summed E-state index contributed by atoms with van der Waals surface area (Å²) in [5.41, 5.74) is 3.02. The molecule has 2 aromatic heterocycles. The number of benzene rings is 4. The molecule has 6 rings (SSSR count). The maximum Gasteiger partial charge on any atom is 0.345 e. The van der Waals surface area contributed by atoms with Gasteiger partial charge < -0.3 is 13.9 Å². The van der Waals surface area contributed by atoms with Gasteiger partial charge in [0.15, 0.2) is 11.5 Å². The highest BCUT2D eigenvalue weighted by Crippen LogP contribution is 2.33. The van der Waals surface area contributed by atoms with Gasteiger partial charge in [0.25, 0.3) is 0 Å². The number of aromatic nitrogens is 1. The summed E-state index contributed by atoms with van der Waals surface area (Å²) in [4.78, 5) is 17.5. The number of hydrogen-bond donors (Lipinski definition) is 0. The van der Waals surface area contributed by atoms with E-state index in [4.69, 9.17) is 13.9 Å². The quantitative estimate of drug-likeness (QED) is 0.117. The molecule has 0 spiro atoms. The second-order valence-corrected chi connectivity index (χ2v) is 9.90. The molecule has 0 N–H and O–H groups in total. The van der Waals surface area contributed by atoms with E-state index in [9.17, 15) is 10.1 Å². The zero-order valence-corrected chi connectivity index (χ0v) is 22.3. The summed E-state index contributed by atoms with van der Waals surface area (Å²) in [7, 11) is 1.59. The Hall–Kier alpha value is -5.19. The molecule has 6 nitrogen and oxygen atoms in total. The smallest absolute Gasteiger partial charge is 0.345 e. The number of fused-ring (bicyclic) bond motifs is 3. The van der Waals surface area contributed by atoms with Gasteiger partial charge in [0.1, 0.15) is 23.3 Å². The van der Waals surface area contributed by atoms with Crippen molar-refractivity contribution in [2.45, 2.75) is 6.61 Å². The average molecular weight is 543 g/mol. The van der Waals surface area contributed by atoms with Crippen LogP contribution in [0.15, 0.2) is 106 Å². The first-order valence-electron chi connectivity index (χ1n) is 12.5. The van der Waals surface area contributed by atoms with Crippen molar-refractivity contribution in [1.29, 1.82) is 5.26 Å². The van der Waals surface area contributed by atoms with Crippen molar-refractivity contribution in [2.24, 2.45) is 0 Å². The van der Waals surface area contributed by atoms with Crippen LogP contribution < -0.4 is 15.1 Å². The molecule has 4 aromatic carbocycles. The van der Waals surface area contributed by atoms with E-state index >= 15 is 0 Å². The van der Waals surface area contributed by atoms with Crippen molar-refractivity contribution in [3.05, 3.63) is 123 Å². The summed E-state index contributed by atoms with van der Waals surface area (Å²) < 4.78 is 17.1. The van der Waals surface area contributed by atoms with Crippen LogP contribution in [0.25, 0.3) is 44.6 Å². The van der Waals surface area contributed by atoms with E-state index in [0.717, 1.165) is 27.3 Å². The average Bonchev–Trinajstić information content (AvgIpc) is 3.49. The van der Waals surface area contributed by atoms with Crippen LogP contribution in [-0.4, -0.2) is 12.1 Å². The number of nitriles is 1. The third-order valence-corrected chi connectivity index (χ3v) is 7.38. The van der Waals surface area contributed by atoms with Crippen LogP contribution in [0.3, 0.4) is 0 Å². The van der Waals surface area contributed by atoms with E-state index in [0.29, 0.717) is 45.5 Å². The molecule has 40 heavy (non-hydrogen) atoms. The number of ether oxygens (including phenoxy) is 2. The monoisotopic (exact) mass is 542 g/mol. The van der Waals surface area contributed by atoms with E-state index in [1.165, 1.54) is 11.3 Å². The Kier molecular flexibility index (Phi) is 6.84. The number of thiazole rings is 1. The fraction of sp³-hybridized carbons (Fsp3) is 0.0606. The minimum atomic E-state index is -0.475. The molecule has 0 atom stereocenters. The molecule has 0 aliphatic carbocycles. The second-order valence-electron chi connectivity index (χ2n) is 9.04. The Bertz CT molecular complexity index is 1980. The largest absolute Gasteiger partial charge is 0.493 e. The van der Waals surface area contributed by atoms with E-state index in [1.54, 1.807) is 30.7 Å². The summed E-state index contributed by atoms with van der Waals surface area (Å²) in [5, 5.41) is 15.1. The molecule has 0 unspecified atom stereocenters. The lowest BCUT2D eigenvalue weighted by Gasteiger charge is -2.11. The Morgan fingerprint density at radius 2 is 1.80 bits per heavy atom. The summed E-state index contributed by atoms with van der Waals surface area (Å²) in [6, 6.07) is 31.1. The van der Waals surface area contributed by atoms with Crippen molar-refractivity contribution in [3.63, 3.8) is 0 Å². The molecule has 0 amide bonds. The third-order valence-electron chi connectivity index (χ3n) is 6.51. The Morgan fingerprint density at radius 1 is 0.975 bits per heavy atom. The van der Waals surface area contributed by atoms with Gasteiger partial charge in [-0.2, -0.15) is 5.26 Å². The highest BCUT2D eigenvalue weighted by atomic mass is 32.1. The number of hydrogen-bond acceptors (Lipinski definition) is 7. The summed E-state index contributed by atoms with van der Waals surface area (Å²) in [6.45, 7) is 0.384. The van der Waals surface area contributed by atoms with Crippen molar-refractivity contribution in [2.75, 3.05) is 7.11 Å². The van der Waals surface area contributed by atoms with E-state index in [1.807, 2.05) is 78.9 Å². The van der Waals surface area contributed by atoms with Crippen molar-refractivity contribution < 1.29 is 13.9 Å². The van der Waals surface area contributed by atoms with Gasteiger partial charge in [-0.25, -0.2) is 9.78 Å². The fourth-order valence-electron chi connectivity index (χ4n) is 4.51. The maximum absolute atomic E-state index is 12.9. The van der Waals surface area contributed by atoms with Crippen LogP contribution in [-0.2, 0) is 6.61 Å². The van der Waals surface area contributed by atoms with E-state index in [2.05, 4.69) is 11.1 Å². The van der Waals surface area contributed by atoms with Gasteiger partial charge in [-0.1, -0.05) is 66.7 Å². The molecule has 194 valence electrons. The molecular weight excluding hydrogens is 520 g/mol. The van der Waals surface area contributed by atoms with Crippen molar-refractivity contribution in [3.8, 4) is 28.8 Å². The summed E-state index contributed by atoms with van der Waals surface area (Å²) in [5.74, 6) is 1.16. The Morgan fingerprint density at radius 3 is 2.62 bits per heavy atom. The summed E-state index contributed by atoms with van der Waals surface area (Å²) >= 11 is 1.30. The van der Waals surface area contributed by atoms with Gasteiger partial charge in [0.05, 0.1) is 23.9 Å². The first kappa shape index (κ1) is 25.1. The van der Waals surface area contributed by atoms with E-state index in [-0.39, 0.29) is 0 Å². The molecular formula is C33H22N2O4S. The first-order chi connectivity index (χ1) is 19.6. The van der Waals surface area contributed by atoms with Gasteiger partial charge in [-0.15, -0.1) is 11.3 Å². The van der Waals surface area contributed by atoms with Crippen LogP contribution in [0.1, 0.15) is 16.1 Å². The molecule has 6 aromatic rings. The molecule has 7 heteroatoms. The zero-order chi connectivity index (χ0) is 27.5. The molecule has 0 bridgehead atoms. The minimum Gasteiger partial charge on any atom is -0.493 e. The zero-order valence-electron chi connectivity index (χ0n) is 21.5. The van der Waals surface area contributed by atoms with E-state index < -0.39 is 5.63 Å². The Labute approximate surface area is 234 Å². The number of rotatable bonds is 7. The molecule has 2 heterocycles. The predicted molar refractivity (Wildman–Crippen MR) is 158 cm³/mol. The lowest BCUT2D eigenvalue weighted by Crippen LogP contribution is -2.03. The maximum atomic E-state index is 12.9. The van der Waals surface area contributed by atoms with Gasteiger partial charge in [-0.3, -0.25) is 0 Å². The highest BCUT2D eigenvalue weighted by molar-refractivity contribution is 7.11. The third kappa shape index (κ3) is 4.96. The lowest BCUT2D eigenvalue weighted by molar-refractivity contribution is 0.284. The number of nitrogens with zero attached hydrogens (tertiary/aromatic N) is 2.